The van der Waals surface area contributed by atoms with Crippen molar-refractivity contribution in [3.63, 3.8) is 0 Å². The lowest BCUT2D eigenvalue weighted by molar-refractivity contribution is 0.298. The van der Waals surface area contributed by atoms with Gasteiger partial charge in [-0.25, -0.2) is 0 Å². The Morgan fingerprint density at radius 2 is 1.91 bits per heavy atom. The highest BCUT2D eigenvalue weighted by Gasteiger charge is 2.33. The van der Waals surface area contributed by atoms with Gasteiger partial charge in [-0.1, -0.05) is 42.5 Å². The van der Waals surface area contributed by atoms with Crippen molar-refractivity contribution in [3.8, 4) is 0 Å². The molecule has 3 rings (SSSR count). The molecule has 1 fully saturated rings. The molecule has 0 amide bonds. The smallest absolute Gasteiger partial charge is 0.173 e. The second-order valence-corrected chi connectivity index (χ2v) is 6.88. The van der Waals surface area contributed by atoms with Crippen molar-refractivity contribution in [1.82, 2.24) is 4.90 Å². The molecule has 0 radical (unpaired) electrons. The summed E-state index contributed by atoms with van der Waals surface area (Å²) in [5.41, 5.74) is 3.60. The Morgan fingerprint density at radius 3 is 2.57 bits per heavy atom. The quantitative estimate of drug-likeness (QED) is 0.780. The lowest BCUT2D eigenvalue weighted by atomic mass is 10.1. The molecule has 0 aliphatic heterocycles. The molecule has 2 aromatic carbocycles. The van der Waals surface area contributed by atoms with E-state index >= 15 is 0 Å². The van der Waals surface area contributed by atoms with Gasteiger partial charge in [0.15, 0.2) is 5.11 Å². The molecule has 1 atom stereocenters. The van der Waals surface area contributed by atoms with E-state index in [4.69, 9.17) is 12.2 Å². The fourth-order valence-electron chi connectivity index (χ4n) is 2.93. The van der Waals surface area contributed by atoms with Crippen LogP contribution in [0.25, 0.3) is 0 Å². The largest absolute Gasteiger partial charge is 0.342 e. The minimum atomic E-state index is 0.472. The zero-order valence-electron chi connectivity index (χ0n) is 13.8. The number of nitrogens with one attached hydrogen (secondary N) is 1. The lowest BCUT2D eigenvalue weighted by Gasteiger charge is -2.32. The Bertz CT molecular complexity index is 664. The maximum Gasteiger partial charge on any atom is 0.173 e. The van der Waals surface area contributed by atoms with E-state index in [-0.39, 0.29) is 0 Å². The SMILES string of the molecule is Cc1cccc(NC(=S)N(Cc2ccccc2)[C@H](C)C2CC2)c1. The number of thiocarbonyl (C=S) groups is 1. The van der Waals surface area contributed by atoms with Crippen LogP contribution in [0.1, 0.15) is 30.9 Å². The first-order chi connectivity index (χ1) is 11.1. The monoisotopic (exact) mass is 324 g/mol. The molecule has 1 aliphatic carbocycles. The van der Waals surface area contributed by atoms with E-state index in [1.807, 2.05) is 0 Å². The fraction of sp³-hybridized carbons (Fsp3) is 0.350. The Labute approximate surface area is 144 Å². The van der Waals surface area contributed by atoms with Crippen LogP contribution in [0.4, 0.5) is 5.69 Å². The number of rotatable bonds is 5. The molecule has 3 heteroatoms. The molecule has 1 saturated carbocycles. The summed E-state index contributed by atoms with van der Waals surface area (Å²) < 4.78 is 0. The van der Waals surface area contributed by atoms with Crippen LogP contribution in [-0.2, 0) is 6.54 Å². The molecule has 120 valence electrons. The first kappa shape index (κ1) is 16.0. The maximum absolute atomic E-state index is 5.74. The van der Waals surface area contributed by atoms with Crippen molar-refractivity contribution in [2.45, 2.75) is 39.3 Å². The standard InChI is InChI=1S/C20H24N2S/c1-15-7-6-10-19(13-15)21-20(23)22(16(2)18-11-12-18)14-17-8-4-3-5-9-17/h3-10,13,16,18H,11-12,14H2,1-2H3,(H,21,23)/t16-/m1/s1. The van der Waals surface area contributed by atoms with E-state index in [9.17, 15) is 0 Å². The van der Waals surface area contributed by atoms with Crippen LogP contribution >= 0.6 is 12.2 Å². The van der Waals surface area contributed by atoms with Gasteiger partial charge in [0.25, 0.3) is 0 Å². The number of benzene rings is 2. The van der Waals surface area contributed by atoms with E-state index in [0.717, 1.165) is 23.3 Å². The van der Waals surface area contributed by atoms with E-state index < -0.39 is 0 Å². The molecule has 0 spiro atoms. The van der Waals surface area contributed by atoms with Crippen LogP contribution in [-0.4, -0.2) is 16.1 Å². The third-order valence-corrected chi connectivity index (χ3v) is 4.86. The Hall–Kier alpha value is -1.87. The van der Waals surface area contributed by atoms with Gasteiger partial charge in [-0.2, -0.15) is 0 Å². The summed E-state index contributed by atoms with van der Waals surface area (Å²) in [5.74, 6) is 0.774. The average molecular weight is 324 g/mol. The third-order valence-electron chi connectivity index (χ3n) is 4.52. The topological polar surface area (TPSA) is 15.3 Å². The number of hydrogen-bond acceptors (Lipinski definition) is 1. The summed E-state index contributed by atoms with van der Waals surface area (Å²) >= 11 is 5.74. The van der Waals surface area contributed by atoms with Crippen LogP contribution in [0, 0.1) is 12.8 Å². The highest BCUT2D eigenvalue weighted by molar-refractivity contribution is 7.80. The first-order valence-corrected chi connectivity index (χ1v) is 8.72. The Morgan fingerprint density at radius 1 is 1.17 bits per heavy atom. The van der Waals surface area contributed by atoms with Gasteiger partial charge >= 0.3 is 0 Å². The number of anilines is 1. The van der Waals surface area contributed by atoms with Crippen molar-refractivity contribution in [2.75, 3.05) is 5.32 Å². The average Bonchev–Trinajstić information content (AvgIpc) is 3.38. The summed E-state index contributed by atoms with van der Waals surface area (Å²) in [6, 6.07) is 19.4. The zero-order chi connectivity index (χ0) is 16.2. The van der Waals surface area contributed by atoms with Gasteiger partial charge < -0.3 is 10.2 Å². The molecule has 2 nitrogen and oxygen atoms in total. The fourth-order valence-corrected chi connectivity index (χ4v) is 3.28. The van der Waals surface area contributed by atoms with Crippen molar-refractivity contribution in [3.05, 3.63) is 65.7 Å². The second-order valence-electron chi connectivity index (χ2n) is 6.49. The molecule has 0 aromatic heterocycles. The van der Waals surface area contributed by atoms with Gasteiger partial charge in [0, 0.05) is 18.3 Å². The van der Waals surface area contributed by atoms with Crippen LogP contribution in [0.5, 0.6) is 0 Å². The molecule has 0 saturated heterocycles. The van der Waals surface area contributed by atoms with Crippen LogP contribution < -0.4 is 5.32 Å². The zero-order valence-corrected chi connectivity index (χ0v) is 14.6. The summed E-state index contributed by atoms with van der Waals surface area (Å²) in [4.78, 5) is 2.34. The normalized spacial score (nSPS) is 15.0. The van der Waals surface area contributed by atoms with E-state index in [1.54, 1.807) is 0 Å². The minimum Gasteiger partial charge on any atom is -0.342 e. The summed E-state index contributed by atoms with van der Waals surface area (Å²) in [7, 11) is 0. The molecule has 0 heterocycles. The predicted molar refractivity (Wildman–Crippen MR) is 102 cm³/mol. The lowest BCUT2D eigenvalue weighted by Crippen LogP contribution is -2.41. The van der Waals surface area contributed by atoms with Crippen molar-refractivity contribution < 1.29 is 0 Å². The molecular weight excluding hydrogens is 300 g/mol. The molecule has 1 aliphatic rings. The van der Waals surface area contributed by atoms with E-state index in [0.29, 0.717) is 6.04 Å². The Kier molecular flexibility index (Phi) is 4.97. The highest BCUT2D eigenvalue weighted by atomic mass is 32.1. The van der Waals surface area contributed by atoms with Gasteiger partial charge in [0.05, 0.1) is 0 Å². The van der Waals surface area contributed by atoms with Gasteiger partial charge in [0.1, 0.15) is 0 Å². The molecule has 0 unspecified atom stereocenters. The number of hydrogen-bond donors (Lipinski definition) is 1. The summed E-state index contributed by atoms with van der Waals surface area (Å²) in [6.07, 6.45) is 2.64. The minimum absolute atomic E-state index is 0.472. The second kappa shape index (κ2) is 7.14. The predicted octanol–water partition coefficient (Wildman–Crippen LogP) is 4.99. The summed E-state index contributed by atoms with van der Waals surface area (Å²) in [6.45, 7) is 5.25. The number of aryl methyl sites for hydroxylation is 1. The van der Waals surface area contributed by atoms with Gasteiger partial charge in [-0.15, -0.1) is 0 Å². The highest BCUT2D eigenvalue weighted by Crippen LogP contribution is 2.36. The molecule has 0 bridgehead atoms. The molecule has 23 heavy (non-hydrogen) atoms. The summed E-state index contributed by atoms with van der Waals surface area (Å²) in [5, 5.41) is 4.24. The first-order valence-electron chi connectivity index (χ1n) is 8.31. The molecule has 1 N–H and O–H groups in total. The van der Waals surface area contributed by atoms with Crippen molar-refractivity contribution in [2.24, 2.45) is 5.92 Å². The third kappa shape index (κ3) is 4.32. The van der Waals surface area contributed by atoms with E-state index in [2.05, 4.69) is 78.7 Å². The molecular formula is C20H24N2S. The van der Waals surface area contributed by atoms with Crippen molar-refractivity contribution in [1.29, 1.82) is 0 Å². The van der Waals surface area contributed by atoms with Crippen LogP contribution in [0.2, 0.25) is 0 Å². The van der Waals surface area contributed by atoms with Gasteiger partial charge in [0.2, 0.25) is 0 Å². The van der Waals surface area contributed by atoms with Gasteiger partial charge in [-0.3, -0.25) is 0 Å². The number of nitrogens with zero attached hydrogens (tertiary/aromatic N) is 1. The molecule has 2 aromatic rings. The van der Waals surface area contributed by atoms with Gasteiger partial charge in [-0.05, 0) is 68.1 Å². The van der Waals surface area contributed by atoms with E-state index in [1.165, 1.54) is 24.0 Å². The maximum atomic E-state index is 5.74. The van der Waals surface area contributed by atoms with Crippen LogP contribution in [0.3, 0.4) is 0 Å². The van der Waals surface area contributed by atoms with Crippen LogP contribution in [0.15, 0.2) is 54.6 Å². The van der Waals surface area contributed by atoms with Crippen molar-refractivity contribution >= 4 is 23.0 Å². The Balaban J connectivity index is 1.75.